The molecule has 3 heteroatoms. The standard InChI is InChI=1S/C17H18ClNO/c1-11-7-8-13(10-15(11)18)16(19)14-6-2-4-12-5-3-9-20-17(12)14/h2,4,6-8,10,16H,3,5,9,19H2,1H3. The van der Waals surface area contributed by atoms with E-state index in [2.05, 4.69) is 12.1 Å². The van der Waals surface area contributed by atoms with Gasteiger partial charge in [-0.25, -0.2) is 0 Å². The summed E-state index contributed by atoms with van der Waals surface area (Å²) in [4.78, 5) is 0. The average molecular weight is 288 g/mol. The Hall–Kier alpha value is -1.51. The predicted octanol–water partition coefficient (Wildman–Crippen LogP) is 4.02. The fourth-order valence-electron chi connectivity index (χ4n) is 2.64. The molecule has 0 saturated carbocycles. The van der Waals surface area contributed by atoms with Gasteiger partial charge in [0.25, 0.3) is 0 Å². The van der Waals surface area contributed by atoms with Crippen LogP contribution >= 0.6 is 11.6 Å². The first-order valence-electron chi connectivity index (χ1n) is 6.93. The molecule has 2 nitrogen and oxygen atoms in total. The molecule has 2 N–H and O–H groups in total. The molecule has 2 aromatic rings. The third-order valence-electron chi connectivity index (χ3n) is 3.85. The average Bonchev–Trinajstić information content (AvgIpc) is 2.49. The van der Waals surface area contributed by atoms with Crippen LogP contribution in [-0.4, -0.2) is 6.61 Å². The Morgan fingerprint density at radius 2 is 2.10 bits per heavy atom. The SMILES string of the molecule is Cc1ccc(C(N)c2cccc3c2OCCC3)cc1Cl. The molecule has 104 valence electrons. The van der Waals surface area contributed by atoms with Crippen molar-refractivity contribution in [1.82, 2.24) is 0 Å². The molecule has 0 saturated heterocycles. The monoisotopic (exact) mass is 287 g/mol. The summed E-state index contributed by atoms with van der Waals surface area (Å²) < 4.78 is 5.84. The van der Waals surface area contributed by atoms with Gasteiger partial charge in [-0.2, -0.15) is 0 Å². The topological polar surface area (TPSA) is 35.2 Å². The van der Waals surface area contributed by atoms with Gasteiger partial charge in [0, 0.05) is 10.6 Å². The third kappa shape index (κ3) is 2.41. The number of hydrogen-bond donors (Lipinski definition) is 1. The van der Waals surface area contributed by atoms with E-state index in [1.165, 1.54) is 5.56 Å². The quantitative estimate of drug-likeness (QED) is 0.905. The van der Waals surface area contributed by atoms with Crippen LogP contribution in [0.1, 0.15) is 34.7 Å². The number of ether oxygens (including phenoxy) is 1. The molecule has 0 bridgehead atoms. The second-order valence-corrected chi connectivity index (χ2v) is 5.68. The molecule has 1 aliphatic rings. The smallest absolute Gasteiger partial charge is 0.127 e. The maximum absolute atomic E-state index is 6.42. The number of fused-ring (bicyclic) bond motifs is 1. The van der Waals surface area contributed by atoms with Crippen molar-refractivity contribution in [3.05, 3.63) is 63.7 Å². The Balaban J connectivity index is 2.02. The number of benzene rings is 2. The highest BCUT2D eigenvalue weighted by atomic mass is 35.5. The van der Waals surface area contributed by atoms with E-state index >= 15 is 0 Å². The molecule has 0 radical (unpaired) electrons. The van der Waals surface area contributed by atoms with E-state index in [-0.39, 0.29) is 6.04 Å². The first-order valence-corrected chi connectivity index (χ1v) is 7.31. The Labute approximate surface area is 124 Å². The summed E-state index contributed by atoms with van der Waals surface area (Å²) in [6.45, 7) is 2.76. The van der Waals surface area contributed by atoms with Crippen LogP contribution in [0, 0.1) is 6.92 Å². The molecule has 1 atom stereocenters. The van der Waals surface area contributed by atoms with Gasteiger partial charge in [-0.3, -0.25) is 0 Å². The van der Waals surface area contributed by atoms with E-state index in [0.29, 0.717) is 0 Å². The second-order valence-electron chi connectivity index (χ2n) is 5.27. The van der Waals surface area contributed by atoms with Crippen molar-refractivity contribution < 1.29 is 4.74 Å². The maximum Gasteiger partial charge on any atom is 0.127 e. The van der Waals surface area contributed by atoms with Gasteiger partial charge in [-0.15, -0.1) is 0 Å². The van der Waals surface area contributed by atoms with Crippen LogP contribution in [0.15, 0.2) is 36.4 Å². The third-order valence-corrected chi connectivity index (χ3v) is 4.26. The largest absolute Gasteiger partial charge is 0.493 e. The minimum atomic E-state index is -0.207. The van der Waals surface area contributed by atoms with Gasteiger partial charge in [0.05, 0.1) is 12.6 Å². The molecule has 1 aliphatic heterocycles. The van der Waals surface area contributed by atoms with Crippen molar-refractivity contribution in [2.45, 2.75) is 25.8 Å². The highest BCUT2D eigenvalue weighted by Crippen LogP contribution is 2.35. The van der Waals surface area contributed by atoms with Gasteiger partial charge in [0.1, 0.15) is 5.75 Å². The number of para-hydroxylation sites is 1. The van der Waals surface area contributed by atoms with Crippen molar-refractivity contribution >= 4 is 11.6 Å². The molecule has 0 spiro atoms. The van der Waals surface area contributed by atoms with Crippen molar-refractivity contribution in [2.75, 3.05) is 6.61 Å². The van der Waals surface area contributed by atoms with Crippen LogP contribution in [0.25, 0.3) is 0 Å². The summed E-state index contributed by atoms with van der Waals surface area (Å²) in [6.07, 6.45) is 2.13. The lowest BCUT2D eigenvalue weighted by Crippen LogP contribution is -2.17. The zero-order valence-electron chi connectivity index (χ0n) is 11.5. The number of aryl methyl sites for hydroxylation is 2. The van der Waals surface area contributed by atoms with Gasteiger partial charge in [0.2, 0.25) is 0 Å². The van der Waals surface area contributed by atoms with Crippen LogP contribution in [0.5, 0.6) is 5.75 Å². The normalized spacial score (nSPS) is 15.3. The van der Waals surface area contributed by atoms with Gasteiger partial charge in [0.15, 0.2) is 0 Å². The summed E-state index contributed by atoms with van der Waals surface area (Å²) in [5.41, 5.74) is 10.8. The Morgan fingerprint density at radius 3 is 2.90 bits per heavy atom. The summed E-state index contributed by atoms with van der Waals surface area (Å²) in [5, 5.41) is 0.753. The number of halogens is 1. The molecule has 1 heterocycles. The van der Waals surface area contributed by atoms with E-state index in [4.69, 9.17) is 22.1 Å². The first-order chi connectivity index (χ1) is 9.66. The second kappa shape index (κ2) is 5.47. The predicted molar refractivity (Wildman–Crippen MR) is 82.5 cm³/mol. The van der Waals surface area contributed by atoms with E-state index in [9.17, 15) is 0 Å². The van der Waals surface area contributed by atoms with Gasteiger partial charge >= 0.3 is 0 Å². The van der Waals surface area contributed by atoms with Crippen LogP contribution in [0.4, 0.5) is 0 Å². The van der Waals surface area contributed by atoms with Crippen LogP contribution in [0.2, 0.25) is 5.02 Å². The van der Waals surface area contributed by atoms with Gasteiger partial charge in [-0.05, 0) is 42.5 Å². The minimum Gasteiger partial charge on any atom is -0.493 e. The summed E-state index contributed by atoms with van der Waals surface area (Å²) in [5.74, 6) is 0.961. The van der Waals surface area contributed by atoms with Crippen molar-refractivity contribution in [1.29, 1.82) is 0 Å². The lowest BCUT2D eigenvalue weighted by molar-refractivity contribution is 0.284. The van der Waals surface area contributed by atoms with E-state index in [1.54, 1.807) is 0 Å². The van der Waals surface area contributed by atoms with E-state index < -0.39 is 0 Å². The molecule has 20 heavy (non-hydrogen) atoms. The number of nitrogens with two attached hydrogens (primary N) is 1. The Kier molecular flexibility index (Phi) is 3.68. The zero-order valence-corrected chi connectivity index (χ0v) is 12.3. The maximum atomic E-state index is 6.42. The Morgan fingerprint density at radius 1 is 1.25 bits per heavy atom. The van der Waals surface area contributed by atoms with Crippen LogP contribution in [0.3, 0.4) is 0 Å². The minimum absolute atomic E-state index is 0.207. The van der Waals surface area contributed by atoms with Gasteiger partial charge < -0.3 is 10.5 Å². The lowest BCUT2D eigenvalue weighted by Gasteiger charge is -2.23. The zero-order chi connectivity index (χ0) is 14.1. The molecule has 1 unspecified atom stereocenters. The fourth-order valence-corrected chi connectivity index (χ4v) is 2.83. The molecule has 0 aliphatic carbocycles. The molecule has 0 aromatic heterocycles. The van der Waals surface area contributed by atoms with Gasteiger partial charge in [-0.1, -0.05) is 41.9 Å². The van der Waals surface area contributed by atoms with Crippen molar-refractivity contribution in [2.24, 2.45) is 5.73 Å². The molecular weight excluding hydrogens is 270 g/mol. The number of rotatable bonds is 2. The summed E-state index contributed by atoms with van der Waals surface area (Å²) in [7, 11) is 0. The fraction of sp³-hybridized carbons (Fsp3) is 0.294. The molecule has 3 rings (SSSR count). The Bertz CT molecular complexity index is 639. The van der Waals surface area contributed by atoms with E-state index in [1.807, 2.05) is 31.2 Å². The lowest BCUT2D eigenvalue weighted by atomic mass is 9.94. The van der Waals surface area contributed by atoms with Crippen LogP contribution < -0.4 is 10.5 Å². The van der Waals surface area contributed by atoms with Crippen LogP contribution in [-0.2, 0) is 6.42 Å². The highest BCUT2D eigenvalue weighted by Gasteiger charge is 2.20. The van der Waals surface area contributed by atoms with Crippen molar-refractivity contribution in [3.63, 3.8) is 0 Å². The first kappa shape index (κ1) is 13.5. The highest BCUT2D eigenvalue weighted by molar-refractivity contribution is 6.31. The summed E-state index contributed by atoms with van der Waals surface area (Å²) in [6, 6.07) is 12.0. The summed E-state index contributed by atoms with van der Waals surface area (Å²) >= 11 is 6.20. The van der Waals surface area contributed by atoms with Crippen molar-refractivity contribution in [3.8, 4) is 5.75 Å². The molecule has 0 fully saturated rings. The number of hydrogen-bond acceptors (Lipinski definition) is 2. The molecule has 2 aromatic carbocycles. The van der Waals surface area contributed by atoms with E-state index in [0.717, 1.165) is 46.9 Å². The molecular formula is C17H18ClNO. The molecule has 0 amide bonds.